The maximum atomic E-state index is 9.81. The van der Waals surface area contributed by atoms with Crippen LogP contribution in [0.2, 0.25) is 0 Å². The van der Waals surface area contributed by atoms with Gasteiger partial charge in [-0.25, -0.2) is 0 Å². The molecule has 0 aliphatic carbocycles. The highest BCUT2D eigenvalue weighted by atomic mass is 16.3. The Kier molecular flexibility index (Phi) is 7.29. The first kappa shape index (κ1) is 12.9. The zero-order chi connectivity index (χ0) is 10.2. The predicted molar refractivity (Wildman–Crippen MR) is 57.9 cm³/mol. The number of hydrogen-bond donors (Lipinski definition) is 2. The van der Waals surface area contributed by atoms with Crippen molar-refractivity contribution < 1.29 is 5.11 Å². The van der Waals surface area contributed by atoms with Gasteiger partial charge in [-0.3, -0.25) is 0 Å². The molecule has 2 heteroatoms. The van der Waals surface area contributed by atoms with Crippen LogP contribution < -0.4 is 5.32 Å². The molecule has 0 spiro atoms. The van der Waals surface area contributed by atoms with E-state index in [4.69, 9.17) is 0 Å². The molecular formula is C11H25NO. The van der Waals surface area contributed by atoms with Gasteiger partial charge in [0.1, 0.15) is 0 Å². The summed E-state index contributed by atoms with van der Waals surface area (Å²) in [7, 11) is 0. The number of rotatable bonds is 8. The second kappa shape index (κ2) is 7.34. The quantitative estimate of drug-likeness (QED) is 0.572. The second-order valence-electron chi connectivity index (χ2n) is 4.13. The molecule has 80 valence electrons. The Labute approximate surface area is 82.7 Å². The molecule has 0 bridgehead atoms. The fourth-order valence-electron chi connectivity index (χ4n) is 1.48. The van der Waals surface area contributed by atoms with E-state index in [0.29, 0.717) is 0 Å². The van der Waals surface area contributed by atoms with Crippen molar-refractivity contribution in [3.8, 4) is 0 Å². The lowest BCUT2D eigenvalue weighted by molar-refractivity contribution is 0.0502. The van der Waals surface area contributed by atoms with E-state index in [9.17, 15) is 5.11 Å². The lowest BCUT2D eigenvalue weighted by atomic mass is 10.0. The Morgan fingerprint density at radius 2 is 1.85 bits per heavy atom. The van der Waals surface area contributed by atoms with E-state index >= 15 is 0 Å². The topological polar surface area (TPSA) is 32.3 Å². The van der Waals surface area contributed by atoms with Crippen molar-refractivity contribution in [2.24, 2.45) is 0 Å². The van der Waals surface area contributed by atoms with Crippen LogP contribution in [0.25, 0.3) is 0 Å². The van der Waals surface area contributed by atoms with Crippen LogP contribution in [0.4, 0.5) is 0 Å². The van der Waals surface area contributed by atoms with Crippen LogP contribution in [0.15, 0.2) is 0 Å². The van der Waals surface area contributed by atoms with Gasteiger partial charge >= 0.3 is 0 Å². The highest BCUT2D eigenvalue weighted by Gasteiger charge is 2.17. The van der Waals surface area contributed by atoms with Gasteiger partial charge in [0, 0.05) is 6.54 Å². The van der Waals surface area contributed by atoms with Crippen molar-refractivity contribution in [1.29, 1.82) is 0 Å². The zero-order valence-corrected chi connectivity index (χ0v) is 9.40. The van der Waals surface area contributed by atoms with Gasteiger partial charge in [0.25, 0.3) is 0 Å². The Hall–Kier alpha value is -0.0800. The summed E-state index contributed by atoms with van der Waals surface area (Å²) in [6.07, 6.45) is 5.69. The standard InChI is InChI=1S/C11H25NO/c1-4-6-7-9-12-10-11(3,13)8-5-2/h12-13H,4-10H2,1-3H3. The summed E-state index contributed by atoms with van der Waals surface area (Å²) in [6, 6.07) is 0. The number of hydrogen-bond acceptors (Lipinski definition) is 2. The summed E-state index contributed by atoms with van der Waals surface area (Å²) in [5.41, 5.74) is -0.513. The van der Waals surface area contributed by atoms with Crippen LogP contribution in [-0.2, 0) is 0 Å². The van der Waals surface area contributed by atoms with Crippen LogP contribution in [-0.4, -0.2) is 23.8 Å². The van der Waals surface area contributed by atoms with E-state index in [0.717, 1.165) is 25.9 Å². The molecule has 0 heterocycles. The maximum absolute atomic E-state index is 9.81. The third kappa shape index (κ3) is 8.26. The van der Waals surface area contributed by atoms with Gasteiger partial charge < -0.3 is 10.4 Å². The van der Waals surface area contributed by atoms with E-state index in [-0.39, 0.29) is 0 Å². The number of aliphatic hydroxyl groups is 1. The first-order valence-corrected chi connectivity index (χ1v) is 5.55. The minimum Gasteiger partial charge on any atom is -0.389 e. The Morgan fingerprint density at radius 1 is 1.15 bits per heavy atom. The second-order valence-corrected chi connectivity index (χ2v) is 4.13. The smallest absolute Gasteiger partial charge is 0.0743 e. The van der Waals surface area contributed by atoms with Gasteiger partial charge in [0.05, 0.1) is 5.60 Å². The summed E-state index contributed by atoms with van der Waals surface area (Å²) in [4.78, 5) is 0. The third-order valence-corrected chi connectivity index (χ3v) is 2.25. The summed E-state index contributed by atoms with van der Waals surface area (Å²) in [5.74, 6) is 0. The molecule has 0 aromatic heterocycles. The minimum absolute atomic E-state index is 0.513. The van der Waals surface area contributed by atoms with Gasteiger partial charge in [-0.2, -0.15) is 0 Å². The van der Waals surface area contributed by atoms with Crippen molar-refractivity contribution in [3.63, 3.8) is 0 Å². The van der Waals surface area contributed by atoms with Crippen molar-refractivity contribution >= 4 is 0 Å². The molecule has 0 aromatic rings. The summed E-state index contributed by atoms with van der Waals surface area (Å²) < 4.78 is 0. The summed E-state index contributed by atoms with van der Waals surface area (Å²) in [6.45, 7) is 7.97. The molecule has 2 nitrogen and oxygen atoms in total. The van der Waals surface area contributed by atoms with Gasteiger partial charge in [0.2, 0.25) is 0 Å². The van der Waals surface area contributed by atoms with Crippen molar-refractivity contribution in [2.45, 2.75) is 58.5 Å². The number of unbranched alkanes of at least 4 members (excludes halogenated alkanes) is 2. The third-order valence-electron chi connectivity index (χ3n) is 2.25. The lowest BCUT2D eigenvalue weighted by Gasteiger charge is -2.22. The molecule has 0 aliphatic heterocycles. The molecule has 13 heavy (non-hydrogen) atoms. The molecule has 1 atom stereocenters. The molecule has 0 saturated heterocycles. The van der Waals surface area contributed by atoms with Gasteiger partial charge in [-0.1, -0.05) is 33.1 Å². The van der Waals surface area contributed by atoms with Gasteiger partial charge in [0.15, 0.2) is 0 Å². The largest absolute Gasteiger partial charge is 0.389 e. The molecule has 0 rings (SSSR count). The fraction of sp³-hybridized carbons (Fsp3) is 1.00. The van der Waals surface area contributed by atoms with Crippen LogP contribution >= 0.6 is 0 Å². The summed E-state index contributed by atoms with van der Waals surface area (Å²) in [5, 5.41) is 13.1. The van der Waals surface area contributed by atoms with Crippen LogP contribution in [0.1, 0.15) is 52.9 Å². The first-order chi connectivity index (χ1) is 6.12. The molecule has 0 amide bonds. The van der Waals surface area contributed by atoms with Crippen LogP contribution in [0.3, 0.4) is 0 Å². The van der Waals surface area contributed by atoms with Gasteiger partial charge in [-0.15, -0.1) is 0 Å². The molecule has 0 saturated carbocycles. The van der Waals surface area contributed by atoms with Crippen molar-refractivity contribution in [1.82, 2.24) is 5.32 Å². The molecule has 2 N–H and O–H groups in total. The first-order valence-electron chi connectivity index (χ1n) is 5.55. The van der Waals surface area contributed by atoms with E-state index in [1.165, 1.54) is 19.3 Å². The van der Waals surface area contributed by atoms with Crippen LogP contribution in [0.5, 0.6) is 0 Å². The number of nitrogens with one attached hydrogen (secondary N) is 1. The van der Waals surface area contributed by atoms with E-state index in [2.05, 4.69) is 19.2 Å². The highest BCUT2D eigenvalue weighted by molar-refractivity contribution is 4.74. The SMILES string of the molecule is CCCCCNCC(C)(O)CCC. The Balaban J connectivity index is 3.29. The van der Waals surface area contributed by atoms with E-state index in [1.54, 1.807) is 0 Å². The Morgan fingerprint density at radius 3 is 2.38 bits per heavy atom. The molecule has 0 fully saturated rings. The minimum atomic E-state index is -0.513. The molecular weight excluding hydrogens is 162 g/mol. The van der Waals surface area contributed by atoms with Crippen LogP contribution in [0, 0.1) is 0 Å². The van der Waals surface area contributed by atoms with Crippen molar-refractivity contribution in [2.75, 3.05) is 13.1 Å². The highest BCUT2D eigenvalue weighted by Crippen LogP contribution is 2.09. The Bertz CT molecular complexity index is 113. The monoisotopic (exact) mass is 187 g/mol. The normalized spacial score (nSPS) is 15.7. The molecule has 0 radical (unpaired) electrons. The molecule has 0 aliphatic rings. The van der Waals surface area contributed by atoms with E-state index < -0.39 is 5.60 Å². The molecule has 1 unspecified atom stereocenters. The predicted octanol–water partition coefficient (Wildman–Crippen LogP) is 2.32. The lowest BCUT2D eigenvalue weighted by Crippen LogP contribution is -2.37. The summed E-state index contributed by atoms with van der Waals surface area (Å²) >= 11 is 0. The van der Waals surface area contributed by atoms with Gasteiger partial charge in [-0.05, 0) is 26.3 Å². The fourth-order valence-corrected chi connectivity index (χ4v) is 1.48. The van der Waals surface area contributed by atoms with E-state index in [1.807, 2.05) is 6.92 Å². The molecule has 0 aromatic carbocycles. The average molecular weight is 187 g/mol. The van der Waals surface area contributed by atoms with Crippen molar-refractivity contribution in [3.05, 3.63) is 0 Å². The zero-order valence-electron chi connectivity index (χ0n) is 9.40. The maximum Gasteiger partial charge on any atom is 0.0743 e. The average Bonchev–Trinajstić information content (AvgIpc) is 2.04.